The van der Waals surface area contributed by atoms with Gasteiger partial charge in [0.1, 0.15) is 29.3 Å². The van der Waals surface area contributed by atoms with Crippen LogP contribution in [0.1, 0.15) is 29.0 Å². The van der Waals surface area contributed by atoms with Gasteiger partial charge in [-0.05, 0) is 65.2 Å². The Morgan fingerprint density at radius 2 is 1.18 bits per heavy atom. The maximum Gasteiger partial charge on any atom is 0.143 e. The molecule has 5 nitrogen and oxygen atoms in total. The highest BCUT2D eigenvalue weighted by Crippen LogP contribution is 2.39. The maximum absolute atomic E-state index is 6.41. The molecule has 0 saturated carbocycles. The van der Waals surface area contributed by atoms with Gasteiger partial charge in [-0.25, -0.2) is 4.99 Å². The molecule has 5 heteroatoms. The van der Waals surface area contributed by atoms with E-state index in [9.17, 15) is 0 Å². The lowest BCUT2D eigenvalue weighted by molar-refractivity contribution is 0.409. The average Bonchev–Trinajstić information content (AvgIpc) is 3.74. The third-order valence-electron chi connectivity index (χ3n) is 9.90. The second-order valence-electron chi connectivity index (χ2n) is 12.9. The zero-order chi connectivity index (χ0) is 33.0. The summed E-state index contributed by atoms with van der Waals surface area (Å²) < 4.78 is 8.77. The highest BCUT2D eigenvalue weighted by atomic mass is 16.3. The molecule has 238 valence electrons. The number of hydrogen-bond donors (Lipinski definition) is 2. The Kier molecular flexibility index (Phi) is 6.64. The summed E-state index contributed by atoms with van der Waals surface area (Å²) in [7, 11) is 0. The van der Waals surface area contributed by atoms with E-state index in [2.05, 4.69) is 161 Å². The topological polar surface area (TPSA) is 54.5 Å². The summed E-state index contributed by atoms with van der Waals surface area (Å²) in [4.78, 5) is 5.14. The standard InChI is InChI=1S/C45H32N4O/c1-3-12-29(13-4-1)43-46-44(30-14-5-2-6-15-30)48-45(47-43)31-22-25-33(26-23-31)49-39-20-9-7-16-35(39)38-28-32(24-27-40(38)49)34-18-11-19-37-36-17-8-10-21-41(36)50-42(34)37/h1-28,43-44,46H,(H,47,48). The minimum absolute atomic E-state index is 0.0782. The van der Waals surface area contributed by atoms with Gasteiger partial charge in [0.2, 0.25) is 0 Å². The van der Waals surface area contributed by atoms with Crippen LogP contribution in [0.4, 0.5) is 0 Å². The largest absolute Gasteiger partial charge is 0.455 e. The Morgan fingerprint density at radius 1 is 0.520 bits per heavy atom. The van der Waals surface area contributed by atoms with Crippen LogP contribution in [0.25, 0.3) is 60.6 Å². The lowest BCUT2D eigenvalue weighted by Gasteiger charge is -2.32. The van der Waals surface area contributed by atoms with Crippen molar-refractivity contribution in [3.8, 4) is 16.8 Å². The van der Waals surface area contributed by atoms with E-state index in [1.807, 2.05) is 24.3 Å². The molecule has 3 heterocycles. The Labute approximate surface area is 289 Å². The van der Waals surface area contributed by atoms with Crippen LogP contribution in [0.2, 0.25) is 0 Å². The van der Waals surface area contributed by atoms with Crippen LogP contribution in [-0.4, -0.2) is 10.4 Å². The summed E-state index contributed by atoms with van der Waals surface area (Å²) in [6, 6.07) is 59.8. The Hall–Kier alpha value is -6.43. The fourth-order valence-electron chi connectivity index (χ4n) is 7.49. The first-order chi connectivity index (χ1) is 24.8. The fraction of sp³-hybridized carbons (Fsp3) is 0.0444. The molecular formula is C45H32N4O. The van der Waals surface area contributed by atoms with Gasteiger partial charge in [-0.3, -0.25) is 5.32 Å². The van der Waals surface area contributed by atoms with Crippen molar-refractivity contribution in [2.45, 2.75) is 12.3 Å². The first-order valence-corrected chi connectivity index (χ1v) is 17.0. The van der Waals surface area contributed by atoms with E-state index >= 15 is 0 Å². The fourth-order valence-corrected chi connectivity index (χ4v) is 7.49. The molecule has 2 atom stereocenters. The number of para-hydroxylation sites is 3. The Balaban J connectivity index is 1.06. The van der Waals surface area contributed by atoms with Crippen LogP contribution >= 0.6 is 0 Å². The molecule has 0 amide bonds. The van der Waals surface area contributed by atoms with Crippen molar-refractivity contribution in [2.24, 2.45) is 4.99 Å². The quantitative estimate of drug-likeness (QED) is 0.196. The van der Waals surface area contributed by atoms with Gasteiger partial charge in [0.05, 0.1) is 11.0 Å². The van der Waals surface area contributed by atoms with Crippen LogP contribution in [0.15, 0.2) is 179 Å². The minimum atomic E-state index is -0.172. The second kappa shape index (κ2) is 11.6. The van der Waals surface area contributed by atoms with Crippen LogP contribution in [0.3, 0.4) is 0 Å². The molecule has 7 aromatic carbocycles. The average molecular weight is 645 g/mol. The Bertz CT molecular complexity index is 2710. The third kappa shape index (κ3) is 4.71. The summed E-state index contributed by atoms with van der Waals surface area (Å²) in [5.41, 5.74) is 10.8. The summed E-state index contributed by atoms with van der Waals surface area (Å²) in [6.45, 7) is 0. The molecular weight excluding hydrogens is 613 g/mol. The van der Waals surface area contributed by atoms with Gasteiger partial charge >= 0.3 is 0 Å². The third-order valence-corrected chi connectivity index (χ3v) is 9.90. The molecule has 0 saturated heterocycles. The van der Waals surface area contributed by atoms with Crippen LogP contribution < -0.4 is 10.6 Å². The zero-order valence-electron chi connectivity index (χ0n) is 27.1. The van der Waals surface area contributed by atoms with Gasteiger partial charge in [-0.15, -0.1) is 0 Å². The van der Waals surface area contributed by atoms with E-state index < -0.39 is 0 Å². The van der Waals surface area contributed by atoms with Crippen molar-refractivity contribution in [3.05, 3.63) is 187 Å². The van der Waals surface area contributed by atoms with Crippen molar-refractivity contribution in [1.29, 1.82) is 0 Å². The number of aliphatic imine (C=N–C) groups is 1. The van der Waals surface area contributed by atoms with E-state index in [1.54, 1.807) is 0 Å². The van der Waals surface area contributed by atoms with Crippen LogP contribution in [-0.2, 0) is 0 Å². The van der Waals surface area contributed by atoms with E-state index in [1.165, 1.54) is 21.9 Å². The molecule has 10 rings (SSSR count). The van der Waals surface area contributed by atoms with Gasteiger partial charge in [0.15, 0.2) is 0 Å². The first kappa shape index (κ1) is 28.6. The normalized spacial score (nSPS) is 16.2. The number of nitrogens with zero attached hydrogens (tertiary/aromatic N) is 2. The van der Waals surface area contributed by atoms with Crippen LogP contribution in [0, 0.1) is 0 Å². The summed E-state index contributed by atoms with van der Waals surface area (Å²) in [5.74, 6) is 0.865. The Morgan fingerprint density at radius 3 is 2.00 bits per heavy atom. The molecule has 2 N–H and O–H groups in total. The van der Waals surface area contributed by atoms with Crippen molar-refractivity contribution in [3.63, 3.8) is 0 Å². The van der Waals surface area contributed by atoms with Crippen molar-refractivity contribution in [2.75, 3.05) is 0 Å². The molecule has 9 aromatic rings. The lowest BCUT2D eigenvalue weighted by Crippen LogP contribution is -2.44. The molecule has 0 bridgehead atoms. The number of nitrogens with one attached hydrogen (secondary N) is 2. The molecule has 1 aliphatic heterocycles. The molecule has 2 unspecified atom stereocenters. The number of hydrogen-bond acceptors (Lipinski definition) is 4. The second-order valence-corrected chi connectivity index (χ2v) is 12.9. The summed E-state index contributed by atoms with van der Waals surface area (Å²) >= 11 is 0. The molecule has 0 aliphatic carbocycles. The number of fused-ring (bicyclic) bond motifs is 6. The number of amidine groups is 1. The molecule has 2 aromatic heterocycles. The maximum atomic E-state index is 6.41. The van der Waals surface area contributed by atoms with Crippen molar-refractivity contribution >= 4 is 49.6 Å². The molecule has 0 fully saturated rings. The predicted octanol–water partition coefficient (Wildman–Crippen LogP) is 10.7. The van der Waals surface area contributed by atoms with E-state index in [0.717, 1.165) is 61.2 Å². The SMILES string of the molecule is c1ccc(C2N=C(c3ccc(-n4c5ccccc5c5cc(-c6cccc7c6oc6ccccc67)ccc54)cc3)NC(c3ccccc3)N2)cc1. The highest BCUT2D eigenvalue weighted by molar-refractivity contribution is 6.13. The zero-order valence-corrected chi connectivity index (χ0v) is 27.1. The van der Waals surface area contributed by atoms with Gasteiger partial charge in [-0.2, -0.15) is 0 Å². The number of benzene rings is 7. The van der Waals surface area contributed by atoms with E-state index in [0.29, 0.717) is 0 Å². The number of aromatic nitrogens is 1. The number of rotatable bonds is 5. The lowest BCUT2D eigenvalue weighted by atomic mass is 10.0. The minimum Gasteiger partial charge on any atom is -0.455 e. The molecule has 50 heavy (non-hydrogen) atoms. The van der Waals surface area contributed by atoms with Gasteiger partial charge in [0.25, 0.3) is 0 Å². The highest BCUT2D eigenvalue weighted by Gasteiger charge is 2.25. The van der Waals surface area contributed by atoms with Gasteiger partial charge < -0.3 is 14.3 Å². The van der Waals surface area contributed by atoms with Crippen molar-refractivity contribution in [1.82, 2.24) is 15.2 Å². The van der Waals surface area contributed by atoms with Gasteiger partial charge in [0, 0.05) is 38.4 Å². The predicted molar refractivity (Wildman–Crippen MR) is 205 cm³/mol. The monoisotopic (exact) mass is 644 g/mol. The van der Waals surface area contributed by atoms with Crippen molar-refractivity contribution < 1.29 is 4.42 Å². The smallest absolute Gasteiger partial charge is 0.143 e. The summed E-state index contributed by atoms with van der Waals surface area (Å²) in [6.07, 6.45) is -0.250. The molecule has 1 aliphatic rings. The first-order valence-electron chi connectivity index (χ1n) is 17.0. The summed E-state index contributed by atoms with van der Waals surface area (Å²) in [5, 5.41) is 12.0. The molecule has 0 radical (unpaired) electrons. The van der Waals surface area contributed by atoms with Crippen LogP contribution in [0.5, 0.6) is 0 Å². The molecule has 0 spiro atoms. The number of furan rings is 1. The van der Waals surface area contributed by atoms with E-state index in [4.69, 9.17) is 9.41 Å². The van der Waals surface area contributed by atoms with E-state index in [-0.39, 0.29) is 12.3 Å². The van der Waals surface area contributed by atoms with Gasteiger partial charge in [-0.1, -0.05) is 121 Å².